The molecule has 4 aliphatic rings. The van der Waals surface area contributed by atoms with Gasteiger partial charge in [0, 0.05) is 24.3 Å². The van der Waals surface area contributed by atoms with Gasteiger partial charge in [0.25, 0.3) is 5.91 Å². The summed E-state index contributed by atoms with van der Waals surface area (Å²) in [7, 11) is 0. The molecule has 1 aromatic carbocycles. The number of hydrogen-bond acceptors (Lipinski definition) is 3. The molecule has 2 amide bonds. The lowest BCUT2D eigenvalue weighted by atomic mass is 9.52. The average Bonchev–Trinajstić information content (AvgIpc) is 2.53. The Morgan fingerprint density at radius 1 is 1.36 bits per heavy atom. The summed E-state index contributed by atoms with van der Waals surface area (Å²) in [6.07, 6.45) is 3.42. The molecule has 3 saturated carbocycles. The van der Waals surface area contributed by atoms with E-state index in [2.05, 4.69) is 17.6 Å². The number of ether oxygens (including phenoxy) is 1. The Kier molecular flexibility index (Phi) is 3.60. The molecule has 3 fully saturated rings. The van der Waals surface area contributed by atoms with E-state index in [-0.39, 0.29) is 35.1 Å². The molecule has 2 bridgehead atoms. The summed E-state index contributed by atoms with van der Waals surface area (Å²) in [4.78, 5) is 25.3. The van der Waals surface area contributed by atoms with Crippen molar-refractivity contribution in [2.45, 2.75) is 58.2 Å². The third-order valence-electron chi connectivity index (χ3n) is 6.25. The number of para-hydroxylation sites is 1. The molecular weight excluding hydrogens is 316 g/mol. The molecule has 5 heteroatoms. The van der Waals surface area contributed by atoms with Gasteiger partial charge >= 0.3 is 0 Å². The number of carbonyl (C=O) groups excluding carboxylic acids is 2. The van der Waals surface area contributed by atoms with E-state index in [0.29, 0.717) is 17.7 Å². The second-order valence-corrected chi connectivity index (χ2v) is 8.46. The first-order valence-electron chi connectivity index (χ1n) is 9.24. The predicted octanol–water partition coefficient (Wildman–Crippen LogP) is 2.86. The van der Waals surface area contributed by atoms with E-state index < -0.39 is 5.72 Å². The molecule has 3 aliphatic carbocycles. The summed E-state index contributed by atoms with van der Waals surface area (Å²) in [5, 5.41) is 6.22. The SMILES string of the molecule is CC(C)NC(=O)[C@@H]1C[C@H]2CC[C@@]1(C)C[C@@]21NC(=O)c2ccccc2O1. The van der Waals surface area contributed by atoms with Gasteiger partial charge in [-0.05, 0) is 50.7 Å². The first-order chi connectivity index (χ1) is 11.8. The van der Waals surface area contributed by atoms with Crippen LogP contribution in [0.15, 0.2) is 24.3 Å². The molecule has 134 valence electrons. The van der Waals surface area contributed by atoms with Crippen LogP contribution in [-0.2, 0) is 4.79 Å². The maximum Gasteiger partial charge on any atom is 0.258 e. The van der Waals surface area contributed by atoms with Crippen LogP contribution in [0.25, 0.3) is 0 Å². The second-order valence-electron chi connectivity index (χ2n) is 8.46. The summed E-state index contributed by atoms with van der Waals surface area (Å²) >= 11 is 0. The predicted molar refractivity (Wildman–Crippen MR) is 94.1 cm³/mol. The fourth-order valence-electron chi connectivity index (χ4n) is 5.04. The van der Waals surface area contributed by atoms with Gasteiger partial charge in [-0.3, -0.25) is 9.59 Å². The lowest BCUT2D eigenvalue weighted by Crippen LogP contribution is -2.69. The van der Waals surface area contributed by atoms with Gasteiger partial charge in [-0.25, -0.2) is 0 Å². The van der Waals surface area contributed by atoms with Crippen LogP contribution in [0.4, 0.5) is 0 Å². The van der Waals surface area contributed by atoms with Gasteiger partial charge in [-0.15, -0.1) is 0 Å². The number of benzene rings is 1. The molecule has 5 nitrogen and oxygen atoms in total. The Bertz CT molecular complexity index is 731. The van der Waals surface area contributed by atoms with Crippen LogP contribution < -0.4 is 15.4 Å². The lowest BCUT2D eigenvalue weighted by molar-refractivity contribution is -0.167. The van der Waals surface area contributed by atoms with E-state index in [1.807, 2.05) is 32.0 Å². The topological polar surface area (TPSA) is 67.4 Å². The number of amides is 2. The van der Waals surface area contributed by atoms with Crippen molar-refractivity contribution in [3.63, 3.8) is 0 Å². The molecule has 0 radical (unpaired) electrons. The number of fused-ring (bicyclic) bond motifs is 3. The van der Waals surface area contributed by atoms with E-state index in [9.17, 15) is 9.59 Å². The molecule has 1 spiro atoms. The molecule has 1 heterocycles. The Balaban J connectivity index is 1.64. The summed E-state index contributed by atoms with van der Waals surface area (Å²) in [5.41, 5.74) is -0.241. The van der Waals surface area contributed by atoms with Crippen LogP contribution in [0.1, 0.15) is 56.8 Å². The van der Waals surface area contributed by atoms with Gasteiger partial charge < -0.3 is 15.4 Å². The van der Waals surface area contributed by atoms with Crippen molar-refractivity contribution >= 4 is 11.8 Å². The molecular formula is C20H26N2O3. The molecule has 0 saturated heterocycles. The van der Waals surface area contributed by atoms with Crippen LogP contribution in [0.2, 0.25) is 0 Å². The Labute approximate surface area is 148 Å². The average molecular weight is 342 g/mol. The molecule has 4 atom stereocenters. The molecule has 5 rings (SSSR count). The summed E-state index contributed by atoms with van der Waals surface area (Å²) in [6, 6.07) is 7.54. The third kappa shape index (κ3) is 2.52. The minimum Gasteiger partial charge on any atom is -0.467 e. The Morgan fingerprint density at radius 2 is 2.12 bits per heavy atom. The van der Waals surface area contributed by atoms with Crippen LogP contribution in [0.5, 0.6) is 5.75 Å². The van der Waals surface area contributed by atoms with Crippen LogP contribution in [0.3, 0.4) is 0 Å². The van der Waals surface area contributed by atoms with Crippen LogP contribution in [-0.4, -0.2) is 23.6 Å². The smallest absolute Gasteiger partial charge is 0.258 e. The molecule has 0 aromatic heterocycles. The van der Waals surface area contributed by atoms with Gasteiger partial charge in [0.1, 0.15) is 5.75 Å². The summed E-state index contributed by atoms with van der Waals surface area (Å²) < 4.78 is 6.38. The minimum absolute atomic E-state index is 0.0167. The van der Waals surface area contributed by atoms with Crippen molar-refractivity contribution in [1.29, 1.82) is 0 Å². The monoisotopic (exact) mass is 342 g/mol. The highest BCUT2D eigenvalue weighted by Gasteiger charge is 2.61. The zero-order chi connectivity index (χ0) is 17.8. The third-order valence-corrected chi connectivity index (χ3v) is 6.25. The number of carbonyl (C=O) groups is 2. The van der Waals surface area contributed by atoms with Gasteiger partial charge in [0.2, 0.25) is 5.91 Å². The summed E-state index contributed by atoms with van der Waals surface area (Å²) in [6.45, 7) is 6.15. The zero-order valence-electron chi connectivity index (χ0n) is 15.1. The maximum absolute atomic E-state index is 12.7. The lowest BCUT2D eigenvalue weighted by Gasteiger charge is -2.59. The summed E-state index contributed by atoms with van der Waals surface area (Å²) in [5.74, 6) is 0.873. The van der Waals surface area contributed by atoms with Crippen LogP contribution >= 0.6 is 0 Å². The minimum atomic E-state index is -0.674. The fraction of sp³-hybridized carbons (Fsp3) is 0.600. The second kappa shape index (κ2) is 5.48. The molecule has 1 aliphatic heterocycles. The Morgan fingerprint density at radius 3 is 2.84 bits per heavy atom. The van der Waals surface area contributed by atoms with Crippen molar-refractivity contribution in [2.75, 3.05) is 0 Å². The largest absolute Gasteiger partial charge is 0.467 e. The van der Waals surface area contributed by atoms with Crippen molar-refractivity contribution in [3.05, 3.63) is 29.8 Å². The van der Waals surface area contributed by atoms with Gasteiger partial charge in [-0.2, -0.15) is 0 Å². The number of nitrogens with one attached hydrogen (secondary N) is 2. The Hall–Kier alpha value is -2.04. The molecule has 25 heavy (non-hydrogen) atoms. The normalized spacial score (nSPS) is 35.9. The van der Waals surface area contributed by atoms with E-state index >= 15 is 0 Å². The first-order valence-corrected chi connectivity index (χ1v) is 9.24. The first kappa shape index (κ1) is 16.4. The number of hydrogen-bond donors (Lipinski definition) is 2. The molecule has 1 aromatic rings. The highest BCUT2D eigenvalue weighted by atomic mass is 16.5. The maximum atomic E-state index is 12.7. The van der Waals surface area contributed by atoms with Gasteiger partial charge in [0.15, 0.2) is 5.72 Å². The van der Waals surface area contributed by atoms with E-state index in [1.165, 1.54) is 0 Å². The van der Waals surface area contributed by atoms with Gasteiger partial charge in [-0.1, -0.05) is 19.1 Å². The van der Waals surface area contributed by atoms with Crippen molar-refractivity contribution < 1.29 is 14.3 Å². The van der Waals surface area contributed by atoms with Crippen molar-refractivity contribution in [2.24, 2.45) is 17.3 Å². The highest BCUT2D eigenvalue weighted by molar-refractivity contribution is 5.98. The van der Waals surface area contributed by atoms with Crippen LogP contribution in [0, 0.1) is 17.3 Å². The van der Waals surface area contributed by atoms with Crippen molar-refractivity contribution in [1.82, 2.24) is 10.6 Å². The molecule has 2 N–H and O–H groups in total. The van der Waals surface area contributed by atoms with E-state index in [0.717, 1.165) is 19.3 Å². The quantitative estimate of drug-likeness (QED) is 0.868. The van der Waals surface area contributed by atoms with E-state index in [1.54, 1.807) is 6.07 Å². The highest BCUT2D eigenvalue weighted by Crippen LogP contribution is 2.58. The fourth-order valence-corrected chi connectivity index (χ4v) is 5.04. The number of rotatable bonds is 2. The van der Waals surface area contributed by atoms with E-state index in [4.69, 9.17) is 4.74 Å². The van der Waals surface area contributed by atoms with Gasteiger partial charge in [0.05, 0.1) is 5.56 Å². The zero-order valence-corrected chi connectivity index (χ0v) is 15.1. The standard InChI is InChI=1S/C20H26N2O3/c1-12(2)21-18(24)15-10-13-8-9-19(15,3)11-20(13)22-17(23)14-6-4-5-7-16(14)25-20/h4-7,12-13,15H,8-11H2,1-3H3,(H,21,24)(H,22,23)/t13-,15+,19+,20+/m1/s1. The van der Waals surface area contributed by atoms with Crippen molar-refractivity contribution in [3.8, 4) is 5.75 Å². The molecule has 0 unspecified atom stereocenters.